The molecule has 0 aliphatic carbocycles. The van der Waals surface area contributed by atoms with Crippen molar-refractivity contribution in [2.75, 3.05) is 56.6 Å². The van der Waals surface area contributed by atoms with E-state index in [1.165, 1.54) is 29.5 Å². The van der Waals surface area contributed by atoms with E-state index >= 15 is 0 Å². The van der Waals surface area contributed by atoms with Gasteiger partial charge in [0.1, 0.15) is 23.9 Å². The lowest BCUT2D eigenvalue weighted by Gasteiger charge is -2.33. The van der Waals surface area contributed by atoms with Crippen LogP contribution in [-0.4, -0.2) is 72.5 Å². The summed E-state index contributed by atoms with van der Waals surface area (Å²) in [7, 11) is 0. The minimum atomic E-state index is -0.611. The summed E-state index contributed by atoms with van der Waals surface area (Å²) < 4.78 is 25.7. The normalized spacial score (nSPS) is 15.6. The van der Waals surface area contributed by atoms with Gasteiger partial charge in [-0.1, -0.05) is 13.0 Å². The van der Waals surface area contributed by atoms with Crippen LogP contribution in [0.2, 0.25) is 0 Å². The number of rotatable bonds is 7. The Kier molecular flexibility index (Phi) is 7.82. The zero-order valence-corrected chi connectivity index (χ0v) is 23.4. The molecule has 6 rings (SSSR count). The third-order valence-electron chi connectivity index (χ3n) is 7.24. The Labute approximate surface area is 240 Å². The summed E-state index contributed by atoms with van der Waals surface area (Å²) in [5, 5.41) is 6.25. The molecular formula is C30H30FN5O4S. The van der Waals surface area contributed by atoms with Crippen LogP contribution < -0.4 is 20.1 Å². The number of hydrogen-bond donors (Lipinski definition) is 2. The topological polar surface area (TPSA) is 96.0 Å². The number of amides is 2. The van der Waals surface area contributed by atoms with Crippen LogP contribution in [0, 0.1) is 5.82 Å². The molecule has 2 aliphatic heterocycles. The lowest BCUT2D eigenvalue weighted by atomic mass is 10.1. The lowest BCUT2D eigenvalue weighted by Crippen LogP contribution is -2.45. The first kappa shape index (κ1) is 27.1. The van der Waals surface area contributed by atoms with Crippen molar-refractivity contribution in [2.24, 2.45) is 0 Å². The van der Waals surface area contributed by atoms with E-state index in [2.05, 4.69) is 27.4 Å². The Morgan fingerprint density at radius 3 is 2.49 bits per heavy atom. The molecule has 0 unspecified atom stereocenters. The van der Waals surface area contributed by atoms with Crippen LogP contribution in [0.4, 0.5) is 15.8 Å². The van der Waals surface area contributed by atoms with Gasteiger partial charge >= 0.3 is 0 Å². The quantitative estimate of drug-likeness (QED) is 0.325. The number of anilines is 2. The van der Waals surface area contributed by atoms with Gasteiger partial charge in [0, 0.05) is 49.4 Å². The Bertz CT molecular complexity index is 1600. The fourth-order valence-electron chi connectivity index (χ4n) is 4.92. The van der Waals surface area contributed by atoms with Gasteiger partial charge in [-0.2, -0.15) is 0 Å². The second-order valence-corrected chi connectivity index (χ2v) is 11.0. The smallest absolute Gasteiger partial charge is 0.265 e. The van der Waals surface area contributed by atoms with Crippen molar-refractivity contribution in [2.45, 2.75) is 13.5 Å². The highest BCUT2D eigenvalue weighted by atomic mass is 32.1. The summed E-state index contributed by atoms with van der Waals surface area (Å²) in [5.41, 5.74) is 1.63. The third-order valence-corrected chi connectivity index (χ3v) is 8.28. The fourth-order valence-corrected chi connectivity index (χ4v) is 5.86. The molecule has 2 aromatic heterocycles. The van der Waals surface area contributed by atoms with Crippen molar-refractivity contribution >= 4 is 44.7 Å². The number of pyridine rings is 1. The van der Waals surface area contributed by atoms with Crippen LogP contribution >= 0.6 is 11.3 Å². The van der Waals surface area contributed by atoms with Crippen LogP contribution in [0.25, 0.3) is 10.2 Å². The van der Waals surface area contributed by atoms with Crippen LogP contribution in [0.1, 0.15) is 32.6 Å². The first-order valence-electron chi connectivity index (χ1n) is 13.6. The summed E-state index contributed by atoms with van der Waals surface area (Å²) >= 11 is 1.27. The molecular weight excluding hydrogens is 545 g/mol. The molecule has 1 saturated heterocycles. The van der Waals surface area contributed by atoms with Gasteiger partial charge in [0.05, 0.1) is 16.3 Å². The maximum atomic E-state index is 14.6. The van der Waals surface area contributed by atoms with E-state index in [1.54, 1.807) is 24.3 Å². The molecule has 0 spiro atoms. The number of fused-ring (bicyclic) bond motifs is 2. The van der Waals surface area contributed by atoms with Gasteiger partial charge in [0.15, 0.2) is 11.5 Å². The summed E-state index contributed by atoms with van der Waals surface area (Å²) in [6, 6.07) is 14.7. The molecule has 0 atom stereocenters. The third kappa shape index (κ3) is 6.17. The molecule has 2 aliphatic rings. The van der Waals surface area contributed by atoms with E-state index in [-0.39, 0.29) is 5.69 Å². The highest BCUT2D eigenvalue weighted by Crippen LogP contribution is 2.31. The minimum Gasteiger partial charge on any atom is -0.486 e. The average molecular weight is 576 g/mol. The number of halogens is 1. The standard InChI is InChI=1S/C30H30FN5O4S/c1-2-35-9-11-36(12-10-35)18-22-5-3-20-16-27(41-30(20)33-22)29(38)34-24-17-21(6-7-23(24)31)32-28(37)19-4-8-25-26(15-19)40-14-13-39-25/h3-8,15-17H,2,9-14,18H2,1H3,(H,32,37)(H,34,38). The van der Waals surface area contributed by atoms with Gasteiger partial charge in [-0.05, 0) is 55.1 Å². The number of nitrogens with one attached hydrogen (secondary N) is 2. The van der Waals surface area contributed by atoms with Crippen LogP contribution in [0.3, 0.4) is 0 Å². The zero-order valence-electron chi connectivity index (χ0n) is 22.6. The Morgan fingerprint density at radius 2 is 1.68 bits per heavy atom. The van der Waals surface area contributed by atoms with Crippen LogP contribution in [0.15, 0.2) is 54.6 Å². The maximum absolute atomic E-state index is 14.6. The molecule has 2 N–H and O–H groups in total. The summed E-state index contributed by atoms with van der Waals surface area (Å²) in [5.74, 6) is -0.377. The first-order valence-corrected chi connectivity index (χ1v) is 14.4. The first-order chi connectivity index (χ1) is 19.9. The molecule has 0 bridgehead atoms. The maximum Gasteiger partial charge on any atom is 0.265 e. The van der Waals surface area contributed by atoms with Gasteiger partial charge in [-0.3, -0.25) is 14.5 Å². The van der Waals surface area contributed by atoms with Gasteiger partial charge < -0.3 is 25.0 Å². The highest BCUT2D eigenvalue weighted by Gasteiger charge is 2.19. The molecule has 4 aromatic rings. The summed E-state index contributed by atoms with van der Waals surface area (Å²) in [6.07, 6.45) is 0. The summed E-state index contributed by atoms with van der Waals surface area (Å²) in [6.45, 7) is 9.02. The number of piperazine rings is 1. The Morgan fingerprint density at radius 1 is 0.902 bits per heavy atom. The number of ether oxygens (including phenoxy) is 2. The number of hydrogen-bond acceptors (Lipinski definition) is 8. The predicted molar refractivity (Wildman–Crippen MR) is 157 cm³/mol. The van der Waals surface area contributed by atoms with Gasteiger partial charge in [-0.15, -0.1) is 11.3 Å². The Hall–Kier alpha value is -4.06. The monoisotopic (exact) mass is 575 g/mol. The minimum absolute atomic E-state index is 0.0349. The average Bonchev–Trinajstić information content (AvgIpc) is 3.43. The number of likely N-dealkylation sites (N-methyl/N-ethyl adjacent to an activating group) is 1. The van der Waals surface area contributed by atoms with Crippen molar-refractivity contribution in [3.8, 4) is 11.5 Å². The van der Waals surface area contributed by atoms with E-state index in [0.717, 1.165) is 55.2 Å². The van der Waals surface area contributed by atoms with Crippen LogP contribution in [-0.2, 0) is 6.54 Å². The lowest BCUT2D eigenvalue weighted by molar-refractivity contribution is 0.102. The highest BCUT2D eigenvalue weighted by molar-refractivity contribution is 7.20. The molecule has 0 radical (unpaired) electrons. The predicted octanol–water partition coefficient (Wildman–Crippen LogP) is 4.85. The largest absolute Gasteiger partial charge is 0.486 e. The molecule has 41 heavy (non-hydrogen) atoms. The molecule has 11 heteroatoms. The number of benzene rings is 2. The van der Waals surface area contributed by atoms with Crippen LogP contribution in [0.5, 0.6) is 11.5 Å². The van der Waals surface area contributed by atoms with E-state index in [9.17, 15) is 14.0 Å². The van der Waals surface area contributed by atoms with Gasteiger partial charge in [0.25, 0.3) is 11.8 Å². The second kappa shape index (κ2) is 11.8. The number of aromatic nitrogens is 1. The van der Waals surface area contributed by atoms with Crippen molar-refractivity contribution in [1.29, 1.82) is 0 Å². The molecule has 9 nitrogen and oxygen atoms in total. The van der Waals surface area contributed by atoms with Crippen molar-refractivity contribution in [1.82, 2.24) is 14.8 Å². The molecule has 4 heterocycles. The number of nitrogens with zero attached hydrogens (tertiary/aromatic N) is 3. The van der Waals surface area contributed by atoms with E-state index < -0.39 is 17.6 Å². The van der Waals surface area contributed by atoms with Crippen molar-refractivity contribution < 1.29 is 23.5 Å². The van der Waals surface area contributed by atoms with Crippen molar-refractivity contribution in [3.05, 3.63) is 76.5 Å². The van der Waals surface area contributed by atoms with E-state index in [1.807, 2.05) is 12.1 Å². The van der Waals surface area contributed by atoms with E-state index in [4.69, 9.17) is 14.5 Å². The second-order valence-electron chi connectivity index (χ2n) is 9.98. The SMILES string of the molecule is CCN1CCN(Cc2ccc3cc(C(=O)Nc4cc(NC(=O)c5ccc6c(c5)OCCO6)ccc4F)sc3n2)CC1. The molecule has 1 fully saturated rings. The molecule has 0 saturated carbocycles. The number of carbonyl (C=O) groups is 2. The zero-order chi connectivity index (χ0) is 28.3. The molecule has 2 aromatic carbocycles. The number of carbonyl (C=O) groups excluding carboxylic acids is 2. The van der Waals surface area contributed by atoms with E-state index in [0.29, 0.717) is 40.8 Å². The molecule has 2 amide bonds. The van der Waals surface area contributed by atoms with Crippen molar-refractivity contribution in [3.63, 3.8) is 0 Å². The molecule has 212 valence electrons. The summed E-state index contributed by atoms with van der Waals surface area (Å²) in [4.78, 5) is 36.7. The number of thiophene rings is 1. The van der Waals surface area contributed by atoms with Gasteiger partial charge in [-0.25, -0.2) is 9.37 Å². The fraction of sp³-hybridized carbons (Fsp3) is 0.300. The Balaban J connectivity index is 1.12. The van der Waals surface area contributed by atoms with Gasteiger partial charge in [0.2, 0.25) is 0 Å².